The van der Waals surface area contributed by atoms with Gasteiger partial charge in [0.05, 0.1) is 22.7 Å². The Morgan fingerprint density at radius 1 is 0.317 bits per heavy atom. The molecule has 0 unspecified atom stereocenters. The van der Waals surface area contributed by atoms with Gasteiger partial charge in [0.2, 0.25) is 0 Å². The molecule has 0 aliphatic heterocycles. The highest BCUT2D eigenvalue weighted by atomic mass is 15.0. The molecule has 0 spiro atoms. The monoisotopic (exact) mass is 796 g/mol. The van der Waals surface area contributed by atoms with E-state index in [1.165, 1.54) is 92.6 Å². The van der Waals surface area contributed by atoms with Crippen LogP contribution in [0.4, 0.5) is 0 Å². The number of hydrogen-bond acceptors (Lipinski definition) is 1. The fraction of sp³-hybridized carbons (Fsp3) is 0. The highest BCUT2D eigenvalue weighted by molar-refractivity contribution is 6.27. The van der Waals surface area contributed by atoms with Crippen LogP contribution in [0.25, 0.3) is 126 Å². The number of rotatable bonds is 5. The highest BCUT2D eigenvalue weighted by Gasteiger charge is 2.22. The Bertz CT molecular complexity index is 4010. The molecule has 2 nitrogen and oxygen atoms in total. The summed E-state index contributed by atoms with van der Waals surface area (Å²) in [6.07, 6.45) is 0. The van der Waals surface area contributed by atoms with E-state index in [1.54, 1.807) is 0 Å². The van der Waals surface area contributed by atoms with Crippen LogP contribution in [-0.2, 0) is 0 Å². The highest BCUT2D eigenvalue weighted by Crippen LogP contribution is 2.48. The van der Waals surface area contributed by atoms with Crippen molar-refractivity contribution in [3.8, 4) is 56.3 Å². The molecule has 0 saturated heterocycles. The van der Waals surface area contributed by atoms with E-state index in [9.17, 15) is 5.26 Å². The molecular formula is C61H36N2. The number of nitriles is 1. The fourth-order valence-corrected chi connectivity index (χ4v) is 10.5. The Kier molecular flexibility index (Phi) is 7.70. The minimum atomic E-state index is 0.664. The minimum absolute atomic E-state index is 0.664. The maximum absolute atomic E-state index is 9.98. The number of benzene rings is 12. The summed E-state index contributed by atoms with van der Waals surface area (Å²) in [6.45, 7) is 0. The number of hydrogen-bond donors (Lipinski definition) is 0. The Morgan fingerprint density at radius 2 is 0.810 bits per heavy atom. The van der Waals surface area contributed by atoms with Gasteiger partial charge in [-0.2, -0.15) is 5.26 Å². The SMILES string of the molecule is N#Cc1cc2ccc3cc(-c4ccc(-c5ccc6c(-c7cccc8ccccc78)c7ccccc7c(-c7cccc8ccccc78)c6c5)cc4)cc4c3c2c(c1)n4-c1ccccc1. The molecule has 0 aliphatic rings. The van der Waals surface area contributed by atoms with Gasteiger partial charge >= 0.3 is 0 Å². The van der Waals surface area contributed by atoms with Crippen molar-refractivity contribution in [2.45, 2.75) is 0 Å². The van der Waals surface area contributed by atoms with E-state index in [2.05, 4.69) is 211 Å². The van der Waals surface area contributed by atoms with E-state index < -0.39 is 0 Å². The molecule has 0 N–H and O–H groups in total. The lowest BCUT2D eigenvalue weighted by atomic mass is 9.83. The predicted octanol–water partition coefficient (Wildman–Crippen LogP) is 16.5. The van der Waals surface area contributed by atoms with Crippen LogP contribution in [-0.4, -0.2) is 4.57 Å². The van der Waals surface area contributed by atoms with Gasteiger partial charge in [-0.05, 0) is 141 Å². The largest absolute Gasteiger partial charge is 0.309 e. The normalized spacial score (nSPS) is 11.8. The molecule has 0 amide bonds. The van der Waals surface area contributed by atoms with Gasteiger partial charge in [0.1, 0.15) is 0 Å². The standard InChI is InChI=1S/C61H36N2/c62-37-38-32-44-28-29-45-34-46(36-57-59(45)58(44)56(33-38)63(57)47-16-2-1-3-17-47)40-26-24-39(25-27-40)43-30-31-54-55(35-43)61(51-23-11-15-42-13-5-7-19-49(42)51)53-21-9-8-20-52(53)60(54)50-22-10-14-41-12-4-6-18-48(41)50/h1-36H. The molecule has 13 aromatic rings. The van der Waals surface area contributed by atoms with Crippen molar-refractivity contribution in [1.82, 2.24) is 4.57 Å². The summed E-state index contributed by atoms with van der Waals surface area (Å²) < 4.78 is 2.32. The predicted molar refractivity (Wildman–Crippen MR) is 266 cm³/mol. The number of aromatic nitrogens is 1. The second kappa shape index (κ2) is 13.8. The lowest BCUT2D eigenvalue weighted by Gasteiger charge is -2.20. The molecule has 1 aromatic heterocycles. The van der Waals surface area contributed by atoms with E-state index in [0.29, 0.717) is 5.56 Å². The average molecular weight is 797 g/mol. The van der Waals surface area contributed by atoms with Crippen LogP contribution in [0.3, 0.4) is 0 Å². The lowest BCUT2D eigenvalue weighted by molar-refractivity contribution is 1.18. The molecular weight excluding hydrogens is 761 g/mol. The van der Waals surface area contributed by atoms with E-state index >= 15 is 0 Å². The summed E-state index contributed by atoms with van der Waals surface area (Å²) in [4.78, 5) is 0. The summed E-state index contributed by atoms with van der Waals surface area (Å²) in [5, 5.41) is 24.6. The molecule has 290 valence electrons. The Labute approximate surface area is 364 Å². The van der Waals surface area contributed by atoms with Crippen molar-refractivity contribution in [2.24, 2.45) is 0 Å². The Morgan fingerprint density at radius 3 is 1.44 bits per heavy atom. The van der Waals surface area contributed by atoms with Gasteiger partial charge in [-0.15, -0.1) is 0 Å². The summed E-state index contributed by atoms with van der Waals surface area (Å²) in [5.41, 5.74) is 13.6. The third-order valence-electron chi connectivity index (χ3n) is 13.3. The lowest BCUT2D eigenvalue weighted by Crippen LogP contribution is -1.94. The first-order valence-electron chi connectivity index (χ1n) is 21.6. The van der Waals surface area contributed by atoms with Crippen LogP contribution >= 0.6 is 0 Å². The van der Waals surface area contributed by atoms with E-state index in [1.807, 2.05) is 18.2 Å². The maximum atomic E-state index is 9.98. The first kappa shape index (κ1) is 35.3. The van der Waals surface area contributed by atoms with Crippen molar-refractivity contribution >= 4 is 75.7 Å². The number of para-hydroxylation sites is 1. The maximum Gasteiger partial charge on any atom is 0.0992 e. The van der Waals surface area contributed by atoms with Crippen LogP contribution in [0, 0.1) is 11.3 Å². The van der Waals surface area contributed by atoms with Crippen molar-refractivity contribution in [2.75, 3.05) is 0 Å². The summed E-state index contributed by atoms with van der Waals surface area (Å²) in [7, 11) is 0. The molecule has 1 heterocycles. The van der Waals surface area contributed by atoms with Crippen LogP contribution in [0.15, 0.2) is 218 Å². The van der Waals surface area contributed by atoms with Crippen LogP contribution in [0.5, 0.6) is 0 Å². The second-order valence-electron chi connectivity index (χ2n) is 16.7. The average Bonchev–Trinajstić information content (AvgIpc) is 3.69. The first-order valence-corrected chi connectivity index (χ1v) is 21.6. The van der Waals surface area contributed by atoms with Crippen LogP contribution in [0.2, 0.25) is 0 Å². The summed E-state index contributed by atoms with van der Waals surface area (Å²) >= 11 is 0. The molecule has 63 heavy (non-hydrogen) atoms. The van der Waals surface area contributed by atoms with Gasteiger partial charge in [-0.3, -0.25) is 0 Å². The molecule has 0 radical (unpaired) electrons. The van der Waals surface area contributed by atoms with E-state index in [0.717, 1.165) is 33.2 Å². The van der Waals surface area contributed by atoms with Gasteiger partial charge in [0.15, 0.2) is 0 Å². The number of nitrogens with zero attached hydrogens (tertiary/aromatic N) is 2. The van der Waals surface area contributed by atoms with E-state index in [-0.39, 0.29) is 0 Å². The van der Waals surface area contributed by atoms with Gasteiger partial charge in [0.25, 0.3) is 0 Å². The molecule has 0 aliphatic carbocycles. The van der Waals surface area contributed by atoms with Crippen molar-refractivity contribution < 1.29 is 0 Å². The molecule has 0 fully saturated rings. The zero-order valence-electron chi connectivity index (χ0n) is 34.2. The Balaban J connectivity index is 1.02. The molecule has 13 rings (SSSR count). The smallest absolute Gasteiger partial charge is 0.0992 e. The van der Waals surface area contributed by atoms with Gasteiger partial charge in [-0.1, -0.05) is 176 Å². The third kappa shape index (κ3) is 5.37. The Hall–Kier alpha value is -8.51. The van der Waals surface area contributed by atoms with Gasteiger partial charge in [-0.25, -0.2) is 0 Å². The fourth-order valence-electron chi connectivity index (χ4n) is 10.5. The molecule has 2 heteroatoms. The molecule has 0 saturated carbocycles. The summed E-state index contributed by atoms with van der Waals surface area (Å²) in [6, 6.07) is 82.0. The quantitative estimate of drug-likeness (QED) is 0.126. The van der Waals surface area contributed by atoms with Crippen molar-refractivity contribution in [3.05, 3.63) is 224 Å². The second-order valence-corrected chi connectivity index (χ2v) is 16.7. The van der Waals surface area contributed by atoms with Crippen molar-refractivity contribution in [1.29, 1.82) is 5.26 Å². The molecule has 0 bridgehead atoms. The molecule has 12 aromatic carbocycles. The van der Waals surface area contributed by atoms with Crippen LogP contribution < -0.4 is 0 Å². The topological polar surface area (TPSA) is 28.7 Å². The third-order valence-corrected chi connectivity index (χ3v) is 13.3. The first-order chi connectivity index (χ1) is 31.2. The van der Waals surface area contributed by atoms with Gasteiger partial charge in [0, 0.05) is 16.5 Å². The van der Waals surface area contributed by atoms with Gasteiger partial charge < -0.3 is 4.57 Å². The van der Waals surface area contributed by atoms with Crippen LogP contribution in [0.1, 0.15) is 5.56 Å². The van der Waals surface area contributed by atoms with E-state index in [4.69, 9.17) is 0 Å². The number of fused-ring (bicyclic) bond motifs is 4. The minimum Gasteiger partial charge on any atom is -0.309 e. The zero-order chi connectivity index (χ0) is 41.6. The van der Waals surface area contributed by atoms with Crippen molar-refractivity contribution in [3.63, 3.8) is 0 Å². The zero-order valence-corrected chi connectivity index (χ0v) is 34.2. The molecule has 0 atom stereocenters. The summed E-state index contributed by atoms with van der Waals surface area (Å²) in [5.74, 6) is 0.